The largest absolute Gasteiger partial charge is 0.502 e. The lowest BCUT2D eigenvalue weighted by Crippen LogP contribution is -2.36. The maximum Gasteiger partial charge on any atom is 0.373 e. The van der Waals surface area contributed by atoms with Gasteiger partial charge in [0.15, 0.2) is 5.76 Å². The number of carbonyl (C=O) groups excluding carboxylic acids is 3. The Kier molecular flexibility index (Phi) is 5.82. The summed E-state index contributed by atoms with van der Waals surface area (Å²) in [5.74, 6) is -2.63. The zero-order valence-corrected chi connectivity index (χ0v) is 14.8. The van der Waals surface area contributed by atoms with Gasteiger partial charge in [-0.25, -0.2) is 9.59 Å². The van der Waals surface area contributed by atoms with E-state index in [1.165, 1.54) is 13.0 Å². The minimum atomic E-state index is -0.854. The van der Waals surface area contributed by atoms with Crippen molar-refractivity contribution in [3.8, 4) is 0 Å². The van der Waals surface area contributed by atoms with Crippen LogP contribution in [0.4, 0.5) is 0 Å². The summed E-state index contributed by atoms with van der Waals surface area (Å²) in [4.78, 5) is 36.2. The molecule has 4 atom stereocenters. The first-order valence-corrected chi connectivity index (χ1v) is 8.39. The number of ketones is 1. The Morgan fingerprint density at radius 1 is 1.44 bits per heavy atom. The van der Waals surface area contributed by atoms with Crippen LogP contribution in [0.5, 0.6) is 0 Å². The van der Waals surface area contributed by atoms with E-state index >= 15 is 0 Å². The van der Waals surface area contributed by atoms with Crippen molar-refractivity contribution >= 4 is 17.7 Å². The number of hydrogen-bond acceptors (Lipinski definition) is 6. The molecule has 1 fully saturated rings. The fourth-order valence-electron chi connectivity index (χ4n) is 3.22. The molecule has 0 aromatic heterocycles. The molecule has 2 aliphatic rings. The SMILES string of the molecule is C=C1C(=O)OC2CC(C)C(=O)CC=C(C)CC(OC(=O)C(O)=CC)C12. The van der Waals surface area contributed by atoms with Crippen molar-refractivity contribution in [1.82, 2.24) is 0 Å². The van der Waals surface area contributed by atoms with Gasteiger partial charge in [-0.05, 0) is 26.3 Å². The van der Waals surface area contributed by atoms with Gasteiger partial charge in [-0.15, -0.1) is 0 Å². The first-order valence-electron chi connectivity index (χ1n) is 8.39. The van der Waals surface area contributed by atoms with Crippen LogP contribution in [-0.2, 0) is 23.9 Å². The highest BCUT2D eigenvalue weighted by Crippen LogP contribution is 2.38. The van der Waals surface area contributed by atoms with Gasteiger partial charge < -0.3 is 14.6 Å². The average molecular weight is 348 g/mol. The van der Waals surface area contributed by atoms with Crippen molar-refractivity contribution in [3.63, 3.8) is 0 Å². The summed E-state index contributed by atoms with van der Waals surface area (Å²) < 4.78 is 10.8. The zero-order valence-electron chi connectivity index (χ0n) is 14.8. The third-order valence-electron chi connectivity index (χ3n) is 4.78. The Bertz CT molecular complexity index is 657. The summed E-state index contributed by atoms with van der Waals surface area (Å²) in [6.07, 6.45) is 2.77. The molecule has 0 saturated carbocycles. The topological polar surface area (TPSA) is 89.9 Å². The van der Waals surface area contributed by atoms with Crippen molar-refractivity contribution in [3.05, 3.63) is 35.6 Å². The van der Waals surface area contributed by atoms with Crippen molar-refractivity contribution in [2.75, 3.05) is 0 Å². The van der Waals surface area contributed by atoms with Gasteiger partial charge in [0.2, 0.25) is 0 Å². The van der Waals surface area contributed by atoms with E-state index < -0.39 is 35.8 Å². The maximum atomic E-state index is 12.2. The van der Waals surface area contributed by atoms with Crippen LogP contribution < -0.4 is 0 Å². The van der Waals surface area contributed by atoms with Gasteiger partial charge in [-0.2, -0.15) is 0 Å². The lowest BCUT2D eigenvalue weighted by molar-refractivity contribution is -0.151. The Morgan fingerprint density at radius 2 is 2.12 bits per heavy atom. The Balaban J connectivity index is 2.38. The number of hydrogen-bond donors (Lipinski definition) is 1. The molecule has 1 aliphatic heterocycles. The number of fused-ring (bicyclic) bond motifs is 1. The van der Waals surface area contributed by atoms with Gasteiger partial charge in [-0.1, -0.05) is 25.2 Å². The highest BCUT2D eigenvalue weighted by molar-refractivity contribution is 5.91. The molecule has 2 rings (SSSR count). The predicted molar refractivity (Wildman–Crippen MR) is 90.6 cm³/mol. The summed E-state index contributed by atoms with van der Waals surface area (Å²) in [5, 5.41) is 9.59. The first kappa shape index (κ1) is 19.0. The summed E-state index contributed by atoms with van der Waals surface area (Å²) in [5.41, 5.74) is 1.10. The molecule has 0 aromatic carbocycles. The number of ether oxygens (including phenoxy) is 2. The third-order valence-corrected chi connectivity index (χ3v) is 4.78. The summed E-state index contributed by atoms with van der Waals surface area (Å²) in [6.45, 7) is 8.95. The quantitative estimate of drug-likeness (QED) is 0.357. The van der Waals surface area contributed by atoms with Crippen LogP contribution in [0, 0.1) is 11.8 Å². The van der Waals surface area contributed by atoms with Crippen molar-refractivity contribution in [2.45, 2.75) is 52.2 Å². The van der Waals surface area contributed by atoms with Crippen molar-refractivity contribution in [2.24, 2.45) is 11.8 Å². The van der Waals surface area contributed by atoms with E-state index in [1.54, 1.807) is 6.92 Å². The first-order chi connectivity index (χ1) is 11.7. The number of Topliss-reactive ketones (excluding diaryl/α,β-unsaturated/α-hetero) is 1. The Labute approximate surface area is 147 Å². The van der Waals surface area contributed by atoms with Crippen LogP contribution in [0.25, 0.3) is 0 Å². The van der Waals surface area contributed by atoms with E-state index in [0.29, 0.717) is 19.3 Å². The zero-order chi connectivity index (χ0) is 18.7. The second kappa shape index (κ2) is 7.68. The number of esters is 2. The van der Waals surface area contributed by atoms with Crippen molar-refractivity contribution in [1.29, 1.82) is 0 Å². The molecule has 0 spiro atoms. The highest BCUT2D eigenvalue weighted by atomic mass is 16.6. The highest BCUT2D eigenvalue weighted by Gasteiger charge is 2.46. The lowest BCUT2D eigenvalue weighted by atomic mass is 9.81. The standard InChI is InChI=1S/C19H24O6/c1-5-13(20)19(23)25-15-8-10(2)6-7-14(21)11(3)9-16-17(15)12(4)18(22)24-16/h5-6,11,15-17,20H,4,7-9H2,1-3H3. The molecule has 0 bridgehead atoms. The summed E-state index contributed by atoms with van der Waals surface area (Å²) in [6, 6.07) is 0. The fraction of sp³-hybridized carbons (Fsp3) is 0.526. The predicted octanol–water partition coefficient (Wildman–Crippen LogP) is 2.79. The molecule has 0 aromatic rings. The van der Waals surface area contributed by atoms with E-state index in [9.17, 15) is 19.5 Å². The molecular weight excluding hydrogens is 324 g/mol. The van der Waals surface area contributed by atoms with Crippen LogP contribution in [0.3, 0.4) is 0 Å². The summed E-state index contributed by atoms with van der Waals surface area (Å²) >= 11 is 0. The molecule has 6 nitrogen and oxygen atoms in total. The van der Waals surface area contributed by atoms with Crippen LogP contribution in [-0.4, -0.2) is 35.0 Å². The van der Waals surface area contributed by atoms with E-state index in [2.05, 4.69) is 6.58 Å². The second-order valence-electron chi connectivity index (χ2n) is 6.67. The van der Waals surface area contributed by atoms with Gasteiger partial charge in [0.1, 0.15) is 18.0 Å². The third kappa shape index (κ3) is 4.18. The minimum Gasteiger partial charge on any atom is -0.502 e. The monoisotopic (exact) mass is 348 g/mol. The molecule has 1 heterocycles. The molecule has 1 N–H and O–H groups in total. The van der Waals surface area contributed by atoms with Gasteiger partial charge in [-0.3, -0.25) is 4.79 Å². The van der Waals surface area contributed by atoms with Crippen LogP contribution >= 0.6 is 0 Å². The molecule has 1 saturated heterocycles. The number of carbonyl (C=O) groups is 3. The molecule has 0 radical (unpaired) electrons. The van der Waals surface area contributed by atoms with Gasteiger partial charge in [0.05, 0.1) is 5.92 Å². The Hall–Kier alpha value is -2.37. The van der Waals surface area contributed by atoms with Crippen molar-refractivity contribution < 1.29 is 29.0 Å². The van der Waals surface area contributed by atoms with Gasteiger partial charge in [0.25, 0.3) is 0 Å². The molecule has 136 valence electrons. The molecule has 25 heavy (non-hydrogen) atoms. The lowest BCUT2D eigenvalue weighted by Gasteiger charge is -2.29. The fourth-order valence-corrected chi connectivity index (χ4v) is 3.22. The summed E-state index contributed by atoms with van der Waals surface area (Å²) in [7, 11) is 0. The number of allylic oxidation sites excluding steroid dienone is 2. The second-order valence-corrected chi connectivity index (χ2v) is 6.67. The average Bonchev–Trinajstić information content (AvgIpc) is 2.84. The Morgan fingerprint density at radius 3 is 2.76 bits per heavy atom. The maximum absolute atomic E-state index is 12.2. The number of rotatable bonds is 2. The van der Waals surface area contributed by atoms with Crippen LogP contribution in [0.1, 0.15) is 40.0 Å². The normalized spacial score (nSPS) is 31.1. The van der Waals surface area contributed by atoms with E-state index in [4.69, 9.17) is 9.47 Å². The molecule has 0 amide bonds. The van der Waals surface area contributed by atoms with E-state index in [1.807, 2.05) is 13.0 Å². The smallest absolute Gasteiger partial charge is 0.373 e. The minimum absolute atomic E-state index is 0.0775. The van der Waals surface area contributed by atoms with Gasteiger partial charge >= 0.3 is 11.9 Å². The number of aliphatic hydroxyl groups excluding tert-OH is 1. The molecule has 6 heteroatoms. The van der Waals surface area contributed by atoms with Crippen LogP contribution in [0.15, 0.2) is 35.6 Å². The molecular formula is C19H24O6. The number of aliphatic hydroxyl groups is 1. The van der Waals surface area contributed by atoms with Gasteiger partial charge in [0, 0.05) is 24.3 Å². The van der Waals surface area contributed by atoms with Crippen LogP contribution in [0.2, 0.25) is 0 Å². The molecule has 4 unspecified atom stereocenters. The molecule has 1 aliphatic carbocycles. The van der Waals surface area contributed by atoms with E-state index in [-0.39, 0.29) is 17.3 Å². The van der Waals surface area contributed by atoms with E-state index in [0.717, 1.165) is 5.57 Å².